The van der Waals surface area contributed by atoms with Crippen LogP contribution < -0.4 is 15.5 Å². The highest BCUT2D eigenvalue weighted by Crippen LogP contribution is 2.35. The molecule has 0 saturated carbocycles. The first-order chi connectivity index (χ1) is 15.7. The van der Waals surface area contributed by atoms with Crippen molar-refractivity contribution in [3.63, 3.8) is 0 Å². The van der Waals surface area contributed by atoms with Gasteiger partial charge in [-0.05, 0) is 37.5 Å². The summed E-state index contributed by atoms with van der Waals surface area (Å²) in [6.45, 7) is 3.40. The van der Waals surface area contributed by atoms with E-state index in [2.05, 4.69) is 30.5 Å². The summed E-state index contributed by atoms with van der Waals surface area (Å²) < 4.78 is 40.0. The molecule has 3 heterocycles. The topological polar surface area (TPSA) is 109 Å². The molecule has 33 heavy (non-hydrogen) atoms. The molecule has 12 heteroatoms. The van der Waals surface area contributed by atoms with Crippen molar-refractivity contribution in [2.75, 3.05) is 35.7 Å². The maximum Gasteiger partial charge on any atom is 0.416 e. The van der Waals surface area contributed by atoms with E-state index in [1.165, 1.54) is 0 Å². The Hall–Kier alpha value is -3.70. The molecule has 1 aliphatic rings. The smallest absolute Gasteiger partial charge is 0.363 e. The standard InChI is InChI=1S/C21H22F3N7O2/c1-12(13-7-14(21(22,23)24)9-15(8-13)31(32)33)27-19-16-10-18(30-5-3-4-6-30)26-11-17(16)28-20(25-2)29-19/h7-12H,3-6H2,1-2H3,(H2,25,27,28,29)/t12-/m1/s1. The van der Waals surface area contributed by atoms with Crippen molar-refractivity contribution < 1.29 is 18.1 Å². The first-order valence-electron chi connectivity index (χ1n) is 10.4. The Morgan fingerprint density at radius 2 is 1.88 bits per heavy atom. The number of alkyl halides is 3. The maximum absolute atomic E-state index is 13.3. The summed E-state index contributed by atoms with van der Waals surface area (Å²) in [5.74, 6) is 1.47. The molecule has 174 valence electrons. The van der Waals surface area contributed by atoms with Crippen molar-refractivity contribution in [1.29, 1.82) is 0 Å². The van der Waals surface area contributed by atoms with Crippen LogP contribution in [0.1, 0.15) is 36.9 Å². The zero-order valence-corrected chi connectivity index (χ0v) is 18.0. The second-order valence-corrected chi connectivity index (χ2v) is 7.83. The zero-order chi connectivity index (χ0) is 23.8. The van der Waals surface area contributed by atoms with Crippen LogP contribution in [-0.4, -0.2) is 40.0 Å². The van der Waals surface area contributed by atoms with Crippen molar-refractivity contribution in [3.8, 4) is 0 Å². The van der Waals surface area contributed by atoms with Crippen LogP contribution in [0.5, 0.6) is 0 Å². The number of pyridine rings is 1. The number of rotatable bonds is 6. The molecule has 0 radical (unpaired) electrons. The molecule has 1 saturated heterocycles. The van der Waals surface area contributed by atoms with Crippen molar-refractivity contribution in [2.24, 2.45) is 0 Å². The summed E-state index contributed by atoms with van der Waals surface area (Å²) in [6, 6.07) is 3.71. The lowest BCUT2D eigenvalue weighted by Gasteiger charge is -2.20. The van der Waals surface area contributed by atoms with Gasteiger partial charge in [-0.1, -0.05) is 0 Å². The van der Waals surface area contributed by atoms with Gasteiger partial charge in [0, 0.05) is 37.7 Å². The summed E-state index contributed by atoms with van der Waals surface area (Å²) in [5, 5.41) is 17.8. The molecule has 2 N–H and O–H groups in total. The van der Waals surface area contributed by atoms with Gasteiger partial charge in [0.2, 0.25) is 5.95 Å². The highest BCUT2D eigenvalue weighted by Gasteiger charge is 2.33. The fraction of sp³-hybridized carbons (Fsp3) is 0.381. The number of nitrogens with zero attached hydrogens (tertiary/aromatic N) is 5. The van der Waals surface area contributed by atoms with Gasteiger partial charge < -0.3 is 15.5 Å². The van der Waals surface area contributed by atoms with E-state index in [4.69, 9.17) is 0 Å². The van der Waals surface area contributed by atoms with Gasteiger partial charge in [-0.25, -0.2) is 9.97 Å². The van der Waals surface area contributed by atoms with Gasteiger partial charge in [-0.15, -0.1) is 0 Å². The quantitative estimate of drug-likeness (QED) is 0.399. The van der Waals surface area contributed by atoms with Crippen LogP contribution in [0, 0.1) is 10.1 Å². The maximum atomic E-state index is 13.3. The predicted molar refractivity (Wildman–Crippen MR) is 118 cm³/mol. The number of halogens is 3. The van der Waals surface area contributed by atoms with E-state index in [0.717, 1.165) is 43.9 Å². The van der Waals surface area contributed by atoms with Gasteiger partial charge in [0.05, 0.1) is 28.2 Å². The molecule has 1 atom stereocenters. The largest absolute Gasteiger partial charge is 0.416 e. The Morgan fingerprint density at radius 3 is 2.52 bits per heavy atom. The molecular weight excluding hydrogens is 439 g/mol. The monoisotopic (exact) mass is 461 g/mol. The summed E-state index contributed by atoms with van der Waals surface area (Å²) in [5.41, 5.74) is -1.04. The second kappa shape index (κ2) is 8.68. The Morgan fingerprint density at radius 1 is 1.15 bits per heavy atom. The number of non-ortho nitro benzene ring substituents is 1. The number of nitro groups is 1. The number of anilines is 3. The highest BCUT2D eigenvalue weighted by atomic mass is 19.4. The van der Waals surface area contributed by atoms with Crippen LogP contribution in [-0.2, 0) is 6.18 Å². The van der Waals surface area contributed by atoms with Crippen LogP contribution in [0.25, 0.3) is 10.9 Å². The average molecular weight is 461 g/mol. The Bertz CT molecular complexity index is 1200. The third-order valence-corrected chi connectivity index (χ3v) is 5.55. The number of benzene rings is 1. The molecule has 1 fully saturated rings. The van der Waals surface area contributed by atoms with Gasteiger partial charge >= 0.3 is 6.18 Å². The van der Waals surface area contributed by atoms with Crippen LogP contribution in [0.2, 0.25) is 0 Å². The van der Waals surface area contributed by atoms with Gasteiger partial charge in [0.15, 0.2) is 0 Å². The number of nitro benzene ring substituents is 1. The van der Waals surface area contributed by atoms with E-state index in [9.17, 15) is 23.3 Å². The fourth-order valence-corrected chi connectivity index (χ4v) is 3.80. The van der Waals surface area contributed by atoms with Crippen molar-refractivity contribution >= 4 is 34.2 Å². The SMILES string of the molecule is CNc1nc(N[C@H](C)c2cc([N+](=O)[O-])cc(C(F)(F)F)c2)c2cc(N3CCCC3)ncc2n1. The lowest BCUT2D eigenvalue weighted by atomic mass is 10.0. The molecule has 1 aliphatic heterocycles. The number of nitrogens with one attached hydrogen (secondary N) is 2. The molecule has 2 aromatic heterocycles. The molecule has 0 aliphatic carbocycles. The minimum atomic E-state index is -4.71. The first-order valence-corrected chi connectivity index (χ1v) is 10.4. The Balaban J connectivity index is 1.75. The minimum absolute atomic E-state index is 0.114. The number of hydrogen-bond donors (Lipinski definition) is 2. The van der Waals surface area contributed by atoms with E-state index in [-0.39, 0.29) is 5.56 Å². The average Bonchev–Trinajstić information content (AvgIpc) is 3.32. The molecule has 1 aromatic carbocycles. The van der Waals surface area contributed by atoms with Gasteiger partial charge in [-0.3, -0.25) is 10.1 Å². The van der Waals surface area contributed by atoms with Gasteiger partial charge in [0.1, 0.15) is 11.6 Å². The van der Waals surface area contributed by atoms with Crippen molar-refractivity contribution in [1.82, 2.24) is 15.0 Å². The fourth-order valence-electron chi connectivity index (χ4n) is 3.80. The number of hydrogen-bond acceptors (Lipinski definition) is 8. The van der Waals surface area contributed by atoms with Gasteiger partial charge in [0.25, 0.3) is 5.69 Å². The third kappa shape index (κ3) is 4.73. The van der Waals surface area contributed by atoms with Crippen LogP contribution in [0.15, 0.2) is 30.5 Å². The van der Waals surface area contributed by atoms with Crippen LogP contribution in [0.4, 0.5) is 36.4 Å². The van der Waals surface area contributed by atoms with E-state index in [0.29, 0.717) is 28.7 Å². The molecule has 0 unspecified atom stereocenters. The lowest BCUT2D eigenvalue weighted by Crippen LogP contribution is -2.19. The summed E-state index contributed by atoms with van der Waals surface area (Å²) in [7, 11) is 1.65. The normalized spacial score (nSPS) is 15.0. The van der Waals surface area contributed by atoms with Crippen molar-refractivity contribution in [2.45, 2.75) is 32.0 Å². The van der Waals surface area contributed by atoms with Crippen molar-refractivity contribution in [3.05, 3.63) is 51.7 Å². The zero-order valence-electron chi connectivity index (χ0n) is 18.0. The summed E-state index contributed by atoms with van der Waals surface area (Å²) in [6.07, 6.45) is -0.926. The summed E-state index contributed by atoms with van der Waals surface area (Å²) >= 11 is 0. The third-order valence-electron chi connectivity index (χ3n) is 5.55. The molecular formula is C21H22F3N7O2. The first kappa shape index (κ1) is 22.5. The van der Waals surface area contributed by atoms with Crippen LogP contribution >= 0.6 is 0 Å². The minimum Gasteiger partial charge on any atom is -0.363 e. The summed E-state index contributed by atoms with van der Waals surface area (Å²) in [4.78, 5) is 25.9. The van der Waals surface area contributed by atoms with E-state index >= 15 is 0 Å². The highest BCUT2D eigenvalue weighted by molar-refractivity contribution is 5.91. The van der Waals surface area contributed by atoms with Gasteiger partial charge in [-0.2, -0.15) is 18.2 Å². The molecule has 4 rings (SSSR count). The van der Waals surface area contributed by atoms with Crippen LogP contribution in [0.3, 0.4) is 0 Å². The van der Waals surface area contributed by atoms with E-state index < -0.39 is 28.4 Å². The van der Waals surface area contributed by atoms with E-state index in [1.54, 1.807) is 20.2 Å². The number of aromatic nitrogens is 3. The number of fused-ring (bicyclic) bond motifs is 1. The molecule has 3 aromatic rings. The predicted octanol–water partition coefficient (Wildman–Crippen LogP) is 4.77. The van der Waals surface area contributed by atoms with E-state index in [1.807, 2.05) is 6.07 Å². The molecule has 0 amide bonds. The molecule has 9 nitrogen and oxygen atoms in total. The molecule has 0 spiro atoms. The second-order valence-electron chi connectivity index (χ2n) is 7.83. The Kier molecular flexibility index (Phi) is 5.91. The molecule has 0 bridgehead atoms. The lowest BCUT2D eigenvalue weighted by molar-refractivity contribution is -0.385. The Labute approximate surface area is 187 Å².